The van der Waals surface area contributed by atoms with E-state index in [4.69, 9.17) is 22.3 Å². The summed E-state index contributed by atoms with van der Waals surface area (Å²) in [6.07, 6.45) is 5.89. The minimum atomic E-state index is 0.296. The van der Waals surface area contributed by atoms with E-state index in [1.807, 2.05) is 11.7 Å². The van der Waals surface area contributed by atoms with Crippen LogP contribution in [0.15, 0.2) is 6.07 Å². The van der Waals surface area contributed by atoms with E-state index in [1.165, 1.54) is 37.1 Å². The summed E-state index contributed by atoms with van der Waals surface area (Å²) < 4.78 is 4.79. The van der Waals surface area contributed by atoms with Crippen LogP contribution in [0.2, 0.25) is 0 Å². The standard InChI is InChI=1S/C19H24N6S/c1-4-10(2)25-17(21-22-19(25)26)13-9-14(11-5-6-11)20-18-15(13)16(12-7-8-12)23-24(18)3/h9-12H,4-8H2,1-3H3,(H,22,26)/t10-/m1/s1. The summed E-state index contributed by atoms with van der Waals surface area (Å²) in [5.74, 6) is 2.06. The number of nitrogens with one attached hydrogen (secondary N) is 1. The Morgan fingerprint density at radius 1 is 1.27 bits per heavy atom. The van der Waals surface area contributed by atoms with Crippen molar-refractivity contribution in [2.45, 2.75) is 63.8 Å². The van der Waals surface area contributed by atoms with Crippen LogP contribution < -0.4 is 0 Å². The lowest BCUT2D eigenvalue weighted by Gasteiger charge is -2.15. The Kier molecular flexibility index (Phi) is 3.57. The molecule has 26 heavy (non-hydrogen) atoms. The average molecular weight is 369 g/mol. The Hall–Kier alpha value is -2.02. The van der Waals surface area contributed by atoms with E-state index in [2.05, 4.69) is 34.7 Å². The summed E-state index contributed by atoms with van der Waals surface area (Å²) in [6, 6.07) is 2.54. The molecule has 0 unspecified atom stereocenters. The summed E-state index contributed by atoms with van der Waals surface area (Å²) >= 11 is 5.55. The van der Waals surface area contributed by atoms with Crippen molar-refractivity contribution in [2.24, 2.45) is 7.05 Å². The Bertz CT molecular complexity index is 1050. The molecule has 0 aromatic carbocycles. The molecule has 2 aliphatic rings. The first kappa shape index (κ1) is 16.2. The molecule has 136 valence electrons. The van der Waals surface area contributed by atoms with Gasteiger partial charge in [-0.2, -0.15) is 10.2 Å². The molecule has 1 atom stereocenters. The van der Waals surface area contributed by atoms with Crippen molar-refractivity contribution in [2.75, 3.05) is 0 Å². The molecule has 0 amide bonds. The van der Waals surface area contributed by atoms with Gasteiger partial charge in [-0.1, -0.05) is 6.92 Å². The van der Waals surface area contributed by atoms with Crippen LogP contribution in [0.4, 0.5) is 0 Å². The van der Waals surface area contributed by atoms with Crippen LogP contribution in [0.25, 0.3) is 22.4 Å². The van der Waals surface area contributed by atoms with E-state index in [0.717, 1.165) is 28.8 Å². The molecule has 0 saturated heterocycles. The first-order chi connectivity index (χ1) is 12.6. The smallest absolute Gasteiger partial charge is 0.195 e. The Morgan fingerprint density at radius 2 is 2.00 bits per heavy atom. The summed E-state index contributed by atoms with van der Waals surface area (Å²) in [6.45, 7) is 4.38. The molecular weight excluding hydrogens is 344 g/mol. The average Bonchev–Trinajstić information content (AvgIpc) is 3.56. The van der Waals surface area contributed by atoms with Crippen molar-refractivity contribution in [1.82, 2.24) is 29.5 Å². The number of aryl methyl sites for hydroxylation is 1. The highest BCUT2D eigenvalue weighted by molar-refractivity contribution is 7.71. The summed E-state index contributed by atoms with van der Waals surface area (Å²) in [7, 11) is 2.01. The summed E-state index contributed by atoms with van der Waals surface area (Å²) in [5.41, 5.74) is 4.47. The third-order valence-corrected chi connectivity index (χ3v) is 6.07. The van der Waals surface area contributed by atoms with Crippen LogP contribution in [0.3, 0.4) is 0 Å². The van der Waals surface area contributed by atoms with Gasteiger partial charge in [-0.15, -0.1) is 0 Å². The number of nitrogens with zero attached hydrogens (tertiary/aromatic N) is 5. The maximum atomic E-state index is 5.55. The first-order valence-corrected chi connectivity index (χ1v) is 10.0. The molecule has 0 radical (unpaired) electrons. The number of hydrogen-bond acceptors (Lipinski definition) is 4. The highest BCUT2D eigenvalue weighted by Gasteiger charge is 2.33. The third-order valence-electron chi connectivity index (χ3n) is 5.78. The largest absolute Gasteiger partial charge is 0.297 e. The van der Waals surface area contributed by atoms with Crippen molar-refractivity contribution in [3.8, 4) is 11.4 Å². The molecule has 3 heterocycles. The predicted molar refractivity (Wildman–Crippen MR) is 104 cm³/mol. The molecule has 2 saturated carbocycles. The number of H-pyrrole nitrogens is 1. The SMILES string of the molecule is CC[C@@H](C)n1c(-c2cc(C3CC3)nc3c2c(C2CC2)nn3C)n[nH]c1=S. The molecule has 6 nitrogen and oxygen atoms in total. The summed E-state index contributed by atoms with van der Waals surface area (Å²) in [4.78, 5) is 4.98. The molecule has 1 N–H and O–H groups in total. The second-order valence-electron chi connectivity index (χ2n) is 7.83. The molecule has 0 aliphatic heterocycles. The zero-order valence-corrected chi connectivity index (χ0v) is 16.3. The van der Waals surface area contributed by atoms with E-state index in [0.29, 0.717) is 22.6 Å². The van der Waals surface area contributed by atoms with Crippen molar-refractivity contribution in [3.63, 3.8) is 0 Å². The quantitative estimate of drug-likeness (QED) is 0.668. The van der Waals surface area contributed by atoms with Crippen molar-refractivity contribution in [1.29, 1.82) is 0 Å². The topological polar surface area (TPSA) is 64.3 Å². The molecule has 3 aromatic rings. The second-order valence-corrected chi connectivity index (χ2v) is 8.22. The van der Waals surface area contributed by atoms with Gasteiger partial charge in [0.1, 0.15) is 0 Å². The normalized spacial score (nSPS) is 18.6. The zero-order valence-electron chi connectivity index (χ0n) is 15.5. The fourth-order valence-electron chi connectivity index (χ4n) is 3.79. The van der Waals surface area contributed by atoms with Crippen molar-refractivity contribution >= 4 is 23.3 Å². The van der Waals surface area contributed by atoms with Crippen LogP contribution >= 0.6 is 12.2 Å². The molecule has 0 spiro atoms. The number of fused-ring (bicyclic) bond motifs is 1. The monoisotopic (exact) mass is 368 g/mol. The molecule has 0 bridgehead atoms. The van der Waals surface area contributed by atoms with Crippen LogP contribution in [0.1, 0.15) is 75.2 Å². The van der Waals surface area contributed by atoms with Gasteiger partial charge in [0.15, 0.2) is 16.2 Å². The Balaban J connectivity index is 1.83. The minimum absolute atomic E-state index is 0.296. The van der Waals surface area contributed by atoms with Gasteiger partial charge in [-0.05, 0) is 57.3 Å². The fraction of sp³-hybridized carbons (Fsp3) is 0.579. The molecule has 5 rings (SSSR count). The van der Waals surface area contributed by atoms with E-state index >= 15 is 0 Å². The van der Waals surface area contributed by atoms with Gasteiger partial charge in [0.2, 0.25) is 0 Å². The van der Waals surface area contributed by atoms with E-state index in [1.54, 1.807) is 0 Å². The van der Waals surface area contributed by atoms with Crippen molar-refractivity contribution < 1.29 is 0 Å². The van der Waals surface area contributed by atoms with Gasteiger partial charge in [0, 0.05) is 36.2 Å². The molecular formula is C19H24N6S. The lowest BCUT2D eigenvalue weighted by atomic mass is 10.0. The zero-order chi connectivity index (χ0) is 18.0. The number of rotatable bonds is 5. The Morgan fingerprint density at radius 3 is 2.65 bits per heavy atom. The second kappa shape index (κ2) is 5.74. The number of aromatic nitrogens is 6. The third kappa shape index (κ3) is 2.44. The van der Waals surface area contributed by atoms with Gasteiger partial charge in [0.25, 0.3) is 0 Å². The maximum absolute atomic E-state index is 5.55. The van der Waals surface area contributed by atoms with E-state index in [-0.39, 0.29) is 0 Å². The van der Waals surface area contributed by atoms with Crippen LogP contribution in [0, 0.1) is 4.77 Å². The highest BCUT2D eigenvalue weighted by atomic mass is 32.1. The maximum Gasteiger partial charge on any atom is 0.195 e. The van der Waals surface area contributed by atoms with E-state index in [9.17, 15) is 0 Å². The van der Waals surface area contributed by atoms with Crippen LogP contribution in [-0.2, 0) is 7.05 Å². The van der Waals surface area contributed by atoms with E-state index < -0.39 is 0 Å². The minimum Gasteiger partial charge on any atom is -0.297 e. The van der Waals surface area contributed by atoms with Crippen molar-refractivity contribution in [3.05, 3.63) is 22.2 Å². The van der Waals surface area contributed by atoms with Crippen LogP contribution in [-0.4, -0.2) is 29.5 Å². The van der Waals surface area contributed by atoms with Gasteiger partial charge in [0.05, 0.1) is 11.1 Å². The van der Waals surface area contributed by atoms with Gasteiger partial charge >= 0.3 is 0 Å². The first-order valence-electron chi connectivity index (χ1n) is 9.63. The lowest BCUT2D eigenvalue weighted by molar-refractivity contribution is 0.528. The number of pyridine rings is 1. The predicted octanol–water partition coefficient (Wildman–Crippen LogP) is 4.62. The Labute approximate surface area is 157 Å². The molecule has 2 aliphatic carbocycles. The molecule has 2 fully saturated rings. The van der Waals surface area contributed by atoms with Gasteiger partial charge in [-0.25, -0.2) is 4.98 Å². The molecule has 3 aromatic heterocycles. The van der Waals surface area contributed by atoms with Gasteiger partial charge < -0.3 is 0 Å². The summed E-state index contributed by atoms with van der Waals surface area (Å²) in [5, 5.41) is 13.7. The molecule has 7 heteroatoms. The number of hydrogen-bond donors (Lipinski definition) is 1. The number of aromatic amines is 1. The highest BCUT2D eigenvalue weighted by Crippen LogP contribution is 2.47. The fourth-order valence-corrected chi connectivity index (χ4v) is 4.10. The van der Waals surface area contributed by atoms with Gasteiger partial charge in [-0.3, -0.25) is 14.3 Å². The van der Waals surface area contributed by atoms with Crippen LogP contribution in [0.5, 0.6) is 0 Å². The lowest BCUT2D eigenvalue weighted by Crippen LogP contribution is -2.07.